The highest BCUT2D eigenvalue weighted by Gasteiger charge is 2.11. The molecule has 0 aliphatic rings. The van der Waals surface area contributed by atoms with Crippen molar-refractivity contribution in [2.24, 2.45) is 0 Å². The first kappa shape index (κ1) is 13.2. The minimum atomic E-state index is -0.281. The maximum Gasteiger partial charge on any atom is 0.150 e. The summed E-state index contributed by atoms with van der Waals surface area (Å²) in [6.07, 6.45) is 0.834. The largest absolute Gasteiger partial charge is 0.298 e. The summed E-state index contributed by atoms with van der Waals surface area (Å²) in [5.41, 5.74) is 4.76. The predicted octanol–water partition coefficient (Wildman–Crippen LogP) is 4.00. The standard InChI is InChI=1S/C17H13FN2O/c1-11-3-2-4-13(10-21)17(11)16-9-15(19-20-16)12-5-7-14(18)8-6-12/h2-10H,1H3,(H,19,20). The topological polar surface area (TPSA) is 45.8 Å². The molecule has 1 heterocycles. The number of aromatic amines is 1. The Morgan fingerprint density at radius 2 is 1.90 bits per heavy atom. The van der Waals surface area contributed by atoms with E-state index in [2.05, 4.69) is 10.2 Å². The van der Waals surface area contributed by atoms with Gasteiger partial charge in [-0.2, -0.15) is 5.10 Å². The Bertz CT molecular complexity index is 791. The average Bonchev–Trinajstić information content (AvgIpc) is 2.97. The molecule has 0 amide bonds. The first-order chi connectivity index (χ1) is 10.2. The highest BCUT2D eigenvalue weighted by molar-refractivity contribution is 5.88. The highest BCUT2D eigenvalue weighted by atomic mass is 19.1. The molecule has 0 bridgehead atoms. The lowest BCUT2D eigenvalue weighted by Crippen LogP contribution is -1.91. The van der Waals surface area contributed by atoms with Crippen molar-refractivity contribution in [3.05, 3.63) is 65.5 Å². The van der Waals surface area contributed by atoms with Crippen LogP contribution in [0.2, 0.25) is 0 Å². The molecule has 1 aromatic heterocycles. The van der Waals surface area contributed by atoms with E-state index in [0.717, 1.165) is 28.7 Å². The highest BCUT2D eigenvalue weighted by Crippen LogP contribution is 2.28. The quantitative estimate of drug-likeness (QED) is 0.737. The van der Waals surface area contributed by atoms with E-state index in [9.17, 15) is 9.18 Å². The van der Waals surface area contributed by atoms with Crippen molar-refractivity contribution in [3.63, 3.8) is 0 Å². The van der Waals surface area contributed by atoms with Gasteiger partial charge in [0.2, 0.25) is 0 Å². The van der Waals surface area contributed by atoms with Gasteiger partial charge in [-0.25, -0.2) is 4.39 Å². The van der Waals surface area contributed by atoms with Crippen LogP contribution in [0.3, 0.4) is 0 Å². The van der Waals surface area contributed by atoms with Gasteiger partial charge in [-0.1, -0.05) is 18.2 Å². The third-order valence-electron chi connectivity index (χ3n) is 3.42. The summed E-state index contributed by atoms with van der Waals surface area (Å²) in [5, 5.41) is 7.19. The summed E-state index contributed by atoms with van der Waals surface area (Å²) in [7, 11) is 0. The van der Waals surface area contributed by atoms with E-state index in [-0.39, 0.29) is 5.82 Å². The van der Waals surface area contributed by atoms with Gasteiger partial charge in [0.1, 0.15) is 5.82 Å². The van der Waals surface area contributed by atoms with Crippen molar-refractivity contribution in [1.29, 1.82) is 0 Å². The maximum absolute atomic E-state index is 13.0. The molecular formula is C17H13FN2O. The molecule has 3 aromatic rings. The molecule has 1 N–H and O–H groups in total. The monoisotopic (exact) mass is 280 g/mol. The molecule has 0 atom stereocenters. The predicted molar refractivity (Wildman–Crippen MR) is 79.5 cm³/mol. The number of rotatable bonds is 3. The number of halogens is 1. The molecular weight excluding hydrogens is 267 g/mol. The van der Waals surface area contributed by atoms with Gasteiger partial charge in [0.15, 0.2) is 6.29 Å². The van der Waals surface area contributed by atoms with Gasteiger partial charge in [-0.3, -0.25) is 9.89 Å². The van der Waals surface area contributed by atoms with Gasteiger partial charge in [-0.05, 0) is 42.8 Å². The van der Waals surface area contributed by atoms with Gasteiger partial charge >= 0.3 is 0 Å². The number of hydrogen-bond acceptors (Lipinski definition) is 2. The second-order valence-corrected chi connectivity index (χ2v) is 4.83. The zero-order valence-electron chi connectivity index (χ0n) is 11.4. The Hall–Kier alpha value is -2.75. The molecule has 0 spiro atoms. The fourth-order valence-electron chi connectivity index (χ4n) is 2.37. The molecule has 0 unspecified atom stereocenters. The third kappa shape index (κ3) is 2.48. The fraction of sp³-hybridized carbons (Fsp3) is 0.0588. The summed E-state index contributed by atoms with van der Waals surface area (Å²) in [6, 6.07) is 13.6. The van der Waals surface area contributed by atoms with E-state index in [0.29, 0.717) is 11.3 Å². The van der Waals surface area contributed by atoms with Gasteiger partial charge in [0.25, 0.3) is 0 Å². The number of nitrogens with one attached hydrogen (secondary N) is 1. The first-order valence-corrected chi connectivity index (χ1v) is 6.55. The first-order valence-electron chi connectivity index (χ1n) is 6.55. The summed E-state index contributed by atoms with van der Waals surface area (Å²) in [6.45, 7) is 1.95. The molecule has 0 aliphatic heterocycles. The van der Waals surface area contributed by atoms with Crippen molar-refractivity contribution >= 4 is 6.29 Å². The van der Waals surface area contributed by atoms with Crippen LogP contribution in [-0.4, -0.2) is 16.5 Å². The number of hydrogen-bond donors (Lipinski definition) is 1. The number of aldehydes is 1. The lowest BCUT2D eigenvalue weighted by atomic mass is 9.99. The van der Waals surface area contributed by atoms with Crippen molar-refractivity contribution < 1.29 is 9.18 Å². The van der Waals surface area contributed by atoms with Crippen molar-refractivity contribution in [1.82, 2.24) is 10.2 Å². The molecule has 4 heteroatoms. The van der Waals surface area contributed by atoms with Gasteiger partial charge in [0.05, 0.1) is 11.4 Å². The Kier molecular flexibility index (Phi) is 3.36. The lowest BCUT2D eigenvalue weighted by Gasteiger charge is -2.05. The van der Waals surface area contributed by atoms with Crippen LogP contribution in [0.15, 0.2) is 48.5 Å². The Morgan fingerprint density at radius 1 is 1.14 bits per heavy atom. The average molecular weight is 280 g/mol. The lowest BCUT2D eigenvalue weighted by molar-refractivity contribution is 0.112. The van der Waals surface area contributed by atoms with Crippen LogP contribution in [-0.2, 0) is 0 Å². The van der Waals surface area contributed by atoms with Gasteiger partial charge < -0.3 is 0 Å². The number of aromatic nitrogens is 2. The Morgan fingerprint density at radius 3 is 2.62 bits per heavy atom. The molecule has 0 aliphatic carbocycles. The number of H-pyrrole nitrogens is 1. The van der Waals surface area contributed by atoms with E-state index in [1.54, 1.807) is 18.2 Å². The Balaban J connectivity index is 2.07. The molecule has 2 aromatic carbocycles. The van der Waals surface area contributed by atoms with Crippen molar-refractivity contribution in [2.75, 3.05) is 0 Å². The number of carbonyl (C=O) groups excluding carboxylic acids is 1. The Labute approximate surface area is 121 Å². The molecule has 3 rings (SSSR count). The van der Waals surface area contributed by atoms with Gasteiger partial charge in [0, 0.05) is 16.7 Å². The molecule has 21 heavy (non-hydrogen) atoms. The van der Waals surface area contributed by atoms with E-state index in [1.165, 1.54) is 12.1 Å². The summed E-state index contributed by atoms with van der Waals surface area (Å²) in [5.74, 6) is -0.281. The summed E-state index contributed by atoms with van der Waals surface area (Å²) >= 11 is 0. The fourth-order valence-corrected chi connectivity index (χ4v) is 2.37. The molecule has 0 radical (unpaired) electrons. The van der Waals surface area contributed by atoms with Crippen LogP contribution in [0.4, 0.5) is 4.39 Å². The molecule has 0 saturated carbocycles. The van der Waals surface area contributed by atoms with Crippen LogP contribution < -0.4 is 0 Å². The van der Waals surface area contributed by atoms with Crippen molar-refractivity contribution in [3.8, 4) is 22.5 Å². The maximum atomic E-state index is 13.0. The number of benzene rings is 2. The minimum absolute atomic E-state index is 0.281. The van der Waals surface area contributed by atoms with E-state index >= 15 is 0 Å². The van der Waals surface area contributed by atoms with Crippen LogP contribution in [0.5, 0.6) is 0 Å². The summed E-state index contributed by atoms with van der Waals surface area (Å²) in [4.78, 5) is 11.2. The van der Waals surface area contributed by atoms with Crippen LogP contribution >= 0.6 is 0 Å². The third-order valence-corrected chi connectivity index (χ3v) is 3.42. The smallest absolute Gasteiger partial charge is 0.150 e. The van der Waals surface area contributed by atoms with Crippen molar-refractivity contribution in [2.45, 2.75) is 6.92 Å². The number of nitrogens with zero attached hydrogens (tertiary/aromatic N) is 1. The zero-order chi connectivity index (χ0) is 14.8. The zero-order valence-corrected chi connectivity index (χ0v) is 11.4. The molecule has 3 nitrogen and oxygen atoms in total. The minimum Gasteiger partial charge on any atom is -0.298 e. The van der Waals surface area contributed by atoms with Crippen LogP contribution in [0.25, 0.3) is 22.5 Å². The second-order valence-electron chi connectivity index (χ2n) is 4.83. The van der Waals surface area contributed by atoms with E-state index < -0.39 is 0 Å². The van der Waals surface area contributed by atoms with Gasteiger partial charge in [-0.15, -0.1) is 0 Å². The number of aryl methyl sites for hydroxylation is 1. The molecule has 0 fully saturated rings. The van der Waals surface area contributed by atoms with Crippen LogP contribution in [0, 0.1) is 12.7 Å². The molecule has 104 valence electrons. The normalized spacial score (nSPS) is 10.6. The SMILES string of the molecule is Cc1cccc(C=O)c1-c1cc(-c2ccc(F)cc2)n[nH]1. The van der Waals surface area contributed by atoms with E-state index in [1.807, 2.05) is 25.1 Å². The second kappa shape index (κ2) is 5.32. The van der Waals surface area contributed by atoms with Crippen LogP contribution in [0.1, 0.15) is 15.9 Å². The summed E-state index contributed by atoms with van der Waals surface area (Å²) < 4.78 is 13.0. The molecule has 0 saturated heterocycles. The number of carbonyl (C=O) groups is 1. The van der Waals surface area contributed by atoms with E-state index in [4.69, 9.17) is 0 Å².